The summed E-state index contributed by atoms with van der Waals surface area (Å²) in [5.74, 6) is -1.13. The molecule has 3 amide bonds. The van der Waals surface area contributed by atoms with Crippen molar-refractivity contribution in [1.29, 1.82) is 0 Å². The first kappa shape index (κ1) is 26.5. The number of carbonyl (C=O) groups excluding carboxylic acids is 4. The van der Waals surface area contributed by atoms with Crippen molar-refractivity contribution in [2.24, 2.45) is 0 Å². The highest BCUT2D eigenvalue weighted by Crippen LogP contribution is 2.09. The zero-order valence-electron chi connectivity index (χ0n) is 18.5. The number of esters is 1. The molecule has 0 unspecified atom stereocenters. The van der Waals surface area contributed by atoms with Gasteiger partial charge >= 0.3 is 18.2 Å². The number of rotatable bonds is 9. The highest BCUT2D eigenvalue weighted by atomic mass is 16.6. The van der Waals surface area contributed by atoms with Crippen molar-refractivity contribution in [3.63, 3.8) is 0 Å². The van der Waals surface area contributed by atoms with Crippen molar-refractivity contribution in [2.45, 2.75) is 78.0 Å². The summed E-state index contributed by atoms with van der Waals surface area (Å²) in [6, 6.07) is -0.893. The summed E-state index contributed by atoms with van der Waals surface area (Å²) in [6.45, 7) is 10.5. The van der Waals surface area contributed by atoms with Gasteiger partial charge in [-0.2, -0.15) is 0 Å². The van der Waals surface area contributed by atoms with Gasteiger partial charge in [0.2, 0.25) is 5.91 Å². The molecule has 1 atom stereocenters. The number of carbonyl (C=O) groups is 4. The second-order valence-electron chi connectivity index (χ2n) is 8.42. The second kappa shape index (κ2) is 12.1. The molecular formula is C19H35N3O7. The van der Waals surface area contributed by atoms with Gasteiger partial charge in [0.15, 0.2) is 0 Å². The van der Waals surface area contributed by atoms with E-state index in [0.717, 1.165) is 0 Å². The van der Waals surface area contributed by atoms with Crippen molar-refractivity contribution in [2.75, 3.05) is 20.2 Å². The molecule has 0 spiro atoms. The molecule has 3 N–H and O–H groups in total. The number of alkyl carbamates (subject to hydrolysis) is 2. The van der Waals surface area contributed by atoms with Gasteiger partial charge in [-0.05, 0) is 60.8 Å². The number of unbranched alkanes of at least 4 members (excludes halogenated alkanes) is 1. The highest BCUT2D eigenvalue weighted by molar-refractivity contribution is 5.88. The van der Waals surface area contributed by atoms with Crippen LogP contribution in [0.2, 0.25) is 0 Å². The van der Waals surface area contributed by atoms with Crippen LogP contribution in [0.15, 0.2) is 0 Å². The molecule has 10 heteroatoms. The van der Waals surface area contributed by atoms with Crippen LogP contribution in [0.3, 0.4) is 0 Å². The van der Waals surface area contributed by atoms with Crippen molar-refractivity contribution >= 4 is 24.1 Å². The van der Waals surface area contributed by atoms with E-state index in [4.69, 9.17) is 9.47 Å². The minimum Gasteiger partial charge on any atom is -0.468 e. The highest BCUT2D eigenvalue weighted by Gasteiger charge is 2.24. The van der Waals surface area contributed by atoms with Gasteiger partial charge in [0, 0.05) is 6.54 Å². The Morgan fingerprint density at radius 1 is 0.828 bits per heavy atom. The van der Waals surface area contributed by atoms with E-state index < -0.39 is 41.3 Å². The Morgan fingerprint density at radius 2 is 1.38 bits per heavy atom. The number of amides is 3. The summed E-state index contributed by atoms with van der Waals surface area (Å²) in [7, 11) is 1.21. The number of hydrogen-bond donors (Lipinski definition) is 3. The third-order valence-electron chi connectivity index (χ3n) is 3.23. The molecule has 0 aromatic heterocycles. The molecule has 0 bridgehead atoms. The maximum atomic E-state index is 12.3. The molecule has 0 rings (SSSR count). The zero-order chi connectivity index (χ0) is 22.7. The van der Waals surface area contributed by atoms with Crippen LogP contribution in [0.5, 0.6) is 0 Å². The maximum Gasteiger partial charge on any atom is 0.408 e. The first-order valence-corrected chi connectivity index (χ1v) is 9.54. The summed E-state index contributed by atoms with van der Waals surface area (Å²) in [5.41, 5.74) is -1.29. The van der Waals surface area contributed by atoms with Gasteiger partial charge < -0.3 is 30.2 Å². The monoisotopic (exact) mass is 417 g/mol. The quantitative estimate of drug-likeness (QED) is 0.296. The average Bonchev–Trinajstić information content (AvgIpc) is 2.54. The Kier molecular flexibility index (Phi) is 11.1. The fourth-order valence-electron chi connectivity index (χ4n) is 2.05. The summed E-state index contributed by atoms with van der Waals surface area (Å²) >= 11 is 0. The topological polar surface area (TPSA) is 132 Å². The minimum absolute atomic E-state index is 0.294. The third-order valence-corrected chi connectivity index (χ3v) is 3.23. The van der Waals surface area contributed by atoms with Gasteiger partial charge in [-0.3, -0.25) is 9.59 Å². The van der Waals surface area contributed by atoms with E-state index in [1.54, 1.807) is 41.5 Å². The van der Waals surface area contributed by atoms with Gasteiger partial charge in [0.25, 0.3) is 0 Å². The van der Waals surface area contributed by atoms with Gasteiger partial charge in [-0.15, -0.1) is 0 Å². The Hall–Kier alpha value is -2.52. The van der Waals surface area contributed by atoms with Crippen LogP contribution in [0.25, 0.3) is 0 Å². The maximum absolute atomic E-state index is 12.3. The molecular weight excluding hydrogens is 382 g/mol. The molecule has 0 aliphatic rings. The molecule has 0 aromatic rings. The standard InChI is InChI=1S/C19H35N3O7/c1-18(2,3)28-16(25)20-11-9-8-10-13(15(24)21-12-14(23)27-7)22-17(26)29-19(4,5)6/h13H,8-12H2,1-7H3,(H,20,25)(H,21,24)(H,22,26)/t13-/m0/s1. The number of hydrogen-bond acceptors (Lipinski definition) is 7. The molecule has 29 heavy (non-hydrogen) atoms. The summed E-state index contributed by atoms with van der Waals surface area (Å²) in [4.78, 5) is 47.1. The van der Waals surface area contributed by atoms with Gasteiger partial charge in [0.1, 0.15) is 23.8 Å². The lowest BCUT2D eigenvalue weighted by molar-refractivity contribution is -0.141. The molecule has 0 aromatic carbocycles. The molecule has 0 aliphatic heterocycles. The van der Waals surface area contributed by atoms with Crippen LogP contribution in [0.1, 0.15) is 60.8 Å². The molecule has 0 radical (unpaired) electrons. The predicted octanol–water partition coefficient (Wildman–Crippen LogP) is 1.86. The van der Waals surface area contributed by atoms with Gasteiger partial charge in [0.05, 0.1) is 7.11 Å². The van der Waals surface area contributed by atoms with Crippen LogP contribution in [0.4, 0.5) is 9.59 Å². The lowest BCUT2D eigenvalue weighted by Gasteiger charge is -2.23. The predicted molar refractivity (Wildman–Crippen MR) is 106 cm³/mol. The van der Waals surface area contributed by atoms with Crippen molar-refractivity contribution in [3.8, 4) is 0 Å². The lowest BCUT2D eigenvalue weighted by atomic mass is 10.1. The van der Waals surface area contributed by atoms with Crippen LogP contribution < -0.4 is 16.0 Å². The average molecular weight is 418 g/mol. The van der Waals surface area contributed by atoms with Crippen LogP contribution in [-0.4, -0.2) is 61.5 Å². The van der Waals surface area contributed by atoms with E-state index in [9.17, 15) is 19.2 Å². The van der Waals surface area contributed by atoms with Gasteiger partial charge in [-0.1, -0.05) is 0 Å². The van der Waals surface area contributed by atoms with E-state index >= 15 is 0 Å². The van der Waals surface area contributed by atoms with Crippen LogP contribution in [0, 0.1) is 0 Å². The fourth-order valence-corrected chi connectivity index (χ4v) is 2.05. The Balaban J connectivity index is 4.57. The minimum atomic E-state index is -0.893. The first-order chi connectivity index (χ1) is 13.2. The zero-order valence-corrected chi connectivity index (χ0v) is 18.5. The molecule has 168 valence electrons. The van der Waals surface area contributed by atoms with E-state index in [2.05, 4.69) is 20.7 Å². The lowest BCUT2D eigenvalue weighted by Crippen LogP contribution is -2.49. The number of ether oxygens (including phenoxy) is 3. The Bertz CT molecular complexity index is 565. The Morgan fingerprint density at radius 3 is 1.90 bits per heavy atom. The normalized spacial score (nSPS) is 12.4. The summed E-state index contributed by atoms with van der Waals surface area (Å²) in [5, 5.41) is 7.55. The largest absolute Gasteiger partial charge is 0.468 e. The van der Waals surface area contributed by atoms with Crippen molar-refractivity contribution in [3.05, 3.63) is 0 Å². The molecule has 0 aliphatic carbocycles. The summed E-state index contributed by atoms with van der Waals surface area (Å²) in [6.07, 6.45) is 0.138. The van der Waals surface area contributed by atoms with E-state index in [1.807, 2.05) is 0 Å². The molecule has 0 heterocycles. The van der Waals surface area contributed by atoms with Gasteiger partial charge in [-0.25, -0.2) is 9.59 Å². The smallest absolute Gasteiger partial charge is 0.408 e. The third kappa shape index (κ3) is 15.1. The van der Waals surface area contributed by atoms with E-state index in [1.165, 1.54) is 7.11 Å². The van der Waals surface area contributed by atoms with Crippen molar-refractivity contribution in [1.82, 2.24) is 16.0 Å². The SMILES string of the molecule is COC(=O)CNC(=O)[C@H](CCCCNC(=O)OC(C)(C)C)NC(=O)OC(C)(C)C. The second-order valence-corrected chi connectivity index (χ2v) is 8.42. The number of methoxy groups -OCH3 is 1. The van der Waals surface area contributed by atoms with Crippen molar-refractivity contribution < 1.29 is 33.4 Å². The molecule has 0 saturated heterocycles. The van der Waals surface area contributed by atoms with E-state index in [-0.39, 0.29) is 6.54 Å². The molecule has 0 fully saturated rings. The summed E-state index contributed by atoms with van der Waals surface area (Å²) < 4.78 is 14.8. The Labute approximate surface area is 172 Å². The first-order valence-electron chi connectivity index (χ1n) is 9.54. The van der Waals surface area contributed by atoms with Crippen LogP contribution >= 0.6 is 0 Å². The fraction of sp³-hybridized carbons (Fsp3) is 0.789. The molecule has 0 saturated carbocycles. The van der Waals surface area contributed by atoms with Crippen LogP contribution in [-0.2, 0) is 23.8 Å². The van der Waals surface area contributed by atoms with E-state index in [0.29, 0.717) is 25.8 Å². The molecule has 10 nitrogen and oxygen atoms in total. The number of nitrogens with one attached hydrogen (secondary N) is 3.